The molecule has 5 heteroatoms. The van der Waals surface area contributed by atoms with Crippen LogP contribution >= 0.6 is 0 Å². The number of carboxylic acid groups (broad SMARTS) is 1. The fourth-order valence-corrected chi connectivity index (χ4v) is 1.88. The van der Waals surface area contributed by atoms with E-state index >= 15 is 0 Å². The van der Waals surface area contributed by atoms with Crippen LogP contribution in [-0.2, 0) is 4.79 Å². The lowest BCUT2D eigenvalue weighted by Gasteiger charge is -2.23. The van der Waals surface area contributed by atoms with Gasteiger partial charge in [-0.1, -0.05) is 19.9 Å². The molecule has 0 radical (unpaired) electrons. The second-order valence-corrected chi connectivity index (χ2v) is 4.48. The Kier molecular flexibility index (Phi) is 4.55. The topological polar surface area (TPSA) is 87.0 Å². The number of aliphatic hydroxyl groups is 1. The predicted molar refractivity (Wildman–Crippen MR) is 65.6 cm³/mol. The van der Waals surface area contributed by atoms with E-state index in [1.807, 2.05) is 0 Å². The largest absolute Gasteiger partial charge is 0.504 e. The van der Waals surface area contributed by atoms with Gasteiger partial charge in [0, 0.05) is 0 Å². The number of hydrogen-bond donors (Lipinski definition) is 3. The average molecular weight is 254 g/mol. The van der Waals surface area contributed by atoms with E-state index in [1.54, 1.807) is 19.9 Å². The summed E-state index contributed by atoms with van der Waals surface area (Å²) in [6, 6.07) is 4.36. The number of phenolic OH excluding ortho intramolecular Hbond substituents is 1. The van der Waals surface area contributed by atoms with Crippen LogP contribution in [0.2, 0.25) is 0 Å². The van der Waals surface area contributed by atoms with Crippen molar-refractivity contribution in [2.24, 2.45) is 11.8 Å². The monoisotopic (exact) mass is 254 g/mol. The van der Waals surface area contributed by atoms with E-state index in [4.69, 9.17) is 9.84 Å². The molecule has 0 fully saturated rings. The molecule has 0 bridgehead atoms. The van der Waals surface area contributed by atoms with Crippen molar-refractivity contribution in [3.8, 4) is 11.5 Å². The third-order valence-corrected chi connectivity index (χ3v) is 2.89. The molecule has 0 amide bonds. The standard InChI is InChI=1S/C13H18O5/c1-7(2)11(13(16)17)12(15)8-4-5-10(18-3)9(14)6-8/h4-7,11-12,14-15H,1-3H3,(H,16,17). The molecule has 2 unspecified atom stereocenters. The van der Waals surface area contributed by atoms with Gasteiger partial charge in [-0.3, -0.25) is 4.79 Å². The van der Waals surface area contributed by atoms with Crippen LogP contribution in [0.25, 0.3) is 0 Å². The van der Waals surface area contributed by atoms with Crippen molar-refractivity contribution in [2.45, 2.75) is 20.0 Å². The molecule has 0 spiro atoms. The van der Waals surface area contributed by atoms with Crippen molar-refractivity contribution in [1.82, 2.24) is 0 Å². The molecule has 3 N–H and O–H groups in total. The average Bonchev–Trinajstić information content (AvgIpc) is 2.27. The van der Waals surface area contributed by atoms with Crippen LogP contribution in [0.15, 0.2) is 18.2 Å². The Bertz CT molecular complexity index is 427. The number of aliphatic carboxylic acids is 1. The van der Waals surface area contributed by atoms with Crippen LogP contribution in [0, 0.1) is 11.8 Å². The number of hydrogen-bond acceptors (Lipinski definition) is 4. The third-order valence-electron chi connectivity index (χ3n) is 2.89. The zero-order valence-corrected chi connectivity index (χ0v) is 10.6. The van der Waals surface area contributed by atoms with E-state index in [0.29, 0.717) is 5.56 Å². The van der Waals surface area contributed by atoms with Gasteiger partial charge >= 0.3 is 5.97 Å². The number of ether oxygens (including phenoxy) is 1. The van der Waals surface area contributed by atoms with Crippen molar-refractivity contribution in [2.75, 3.05) is 7.11 Å². The molecule has 0 saturated carbocycles. The van der Waals surface area contributed by atoms with Gasteiger partial charge in [-0.2, -0.15) is 0 Å². The van der Waals surface area contributed by atoms with Gasteiger partial charge < -0.3 is 20.1 Å². The van der Waals surface area contributed by atoms with E-state index in [1.165, 1.54) is 19.2 Å². The number of carbonyl (C=O) groups is 1. The first-order valence-corrected chi connectivity index (χ1v) is 5.66. The molecule has 0 heterocycles. The highest BCUT2D eigenvalue weighted by Gasteiger charge is 2.31. The van der Waals surface area contributed by atoms with Gasteiger partial charge in [0.1, 0.15) is 0 Å². The third kappa shape index (κ3) is 2.92. The molecule has 1 aromatic carbocycles. The molecule has 18 heavy (non-hydrogen) atoms. The molecule has 0 saturated heterocycles. The van der Waals surface area contributed by atoms with E-state index in [2.05, 4.69) is 0 Å². The van der Waals surface area contributed by atoms with E-state index in [0.717, 1.165) is 0 Å². The first-order valence-electron chi connectivity index (χ1n) is 5.66. The molecule has 1 aromatic rings. The second-order valence-electron chi connectivity index (χ2n) is 4.48. The van der Waals surface area contributed by atoms with Gasteiger partial charge in [0.15, 0.2) is 11.5 Å². The molecular formula is C13H18O5. The normalized spacial score (nSPS) is 14.3. The highest BCUT2D eigenvalue weighted by atomic mass is 16.5. The molecule has 2 atom stereocenters. The molecular weight excluding hydrogens is 236 g/mol. The van der Waals surface area contributed by atoms with Gasteiger partial charge in [0.2, 0.25) is 0 Å². The highest BCUT2D eigenvalue weighted by molar-refractivity contribution is 5.71. The van der Waals surface area contributed by atoms with Gasteiger partial charge in [-0.15, -0.1) is 0 Å². The van der Waals surface area contributed by atoms with Gasteiger partial charge in [0.25, 0.3) is 0 Å². The summed E-state index contributed by atoms with van der Waals surface area (Å²) in [5.74, 6) is -2.04. The van der Waals surface area contributed by atoms with Crippen LogP contribution in [0.3, 0.4) is 0 Å². The first kappa shape index (κ1) is 14.3. The number of methoxy groups -OCH3 is 1. The zero-order chi connectivity index (χ0) is 13.9. The maximum atomic E-state index is 11.1. The van der Waals surface area contributed by atoms with Gasteiger partial charge in [-0.05, 0) is 23.6 Å². The van der Waals surface area contributed by atoms with Crippen LogP contribution < -0.4 is 4.74 Å². The Morgan fingerprint density at radius 3 is 2.33 bits per heavy atom. The lowest BCUT2D eigenvalue weighted by atomic mass is 9.86. The highest BCUT2D eigenvalue weighted by Crippen LogP contribution is 2.33. The lowest BCUT2D eigenvalue weighted by Crippen LogP contribution is -2.26. The Morgan fingerprint density at radius 2 is 1.94 bits per heavy atom. The molecule has 0 aliphatic heterocycles. The lowest BCUT2D eigenvalue weighted by molar-refractivity contribution is -0.148. The SMILES string of the molecule is COc1ccc(C(O)C(C(=O)O)C(C)C)cc1O. The van der Waals surface area contributed by atoms with Crippen LogP contribution in [0.4, 0.5) is 0 Å². The molecule has 0 aliphatic carbocycles. The fraction of sp³-hybridized carbons (Fsp3) is 0.462. The summed E-state index contributed by atoms with van der Waals surface area (Å²) in [5.41, 5.74) is 0.356. The number of rotatable bonds is 5. The molecule has 0 aromatic heterocycles. The Morgan fingerprint density at radius 1 is 1.33 bits per heavy atom. The summed E-state index contributed by atoms with van der Waals surface area (Å²) in [6.07, 6.45) is -1.17. The van der Waals surface area contributed by atoms with E-state index in [9.17, 15) is 15.0 Å². The van der Waals surface area contributed by atoms with E-state index in [-0.39, 0.29) is 17.4 Å². The Hall–Kier alpha value is -1.75. The van der Waals surface area contributed by atoms with Gasteiger partial charge in [-0.25, -0.2) is 0 Å². The van der Waals surface area contributed by atoms with Gasteiger partial charge in [0.05, 0.1) is 19.1 Å². The predicted octanol–water partition coefficient (Wildman–Crippen LogP) is 1.79. The summed E-state index contributed by atoms with van der Waals surface area (Å²) in [5, 5.41) is 28.8. The van der Waals surface area contributed by atoms with Crippen LogP contribution in [-0.4, -0.2) is 28.4 Å². The number of phenols is 1. The van der Waals surface area contributed by atoms with Crippen molar-refractivity contribution < 1.29 is 24.9 Å². The van der Waals surface area contributed by atoms with Crippen LogP contribution in [0.5, 0.6) is 11.5 Å². The maximum absolute atomic E-state index is 11.1. The summed E-state index contributed by atoms with van der Waals surface area (Å²) in [4.78, 5) is 11.1. The number of aliphatic hydroxyl groups excluding tert-OH is 1. The zero-order valence-electron chi connectivity index (χ0n) is 10.6. The summed E-state index contributed by atoms with van der Waals surface area (Å²) in [7, 11) is 1.42. The Balaban J connectivity index is 3.05. The molecule has 5 nitrogen and oxygen atoms in total. The quantitative estimate of drug-likeness (QED) is 0.745. The summed E-state index contributed by atoms with van der Waals surface area (Å²) >= 11 is 0. The number of carboxylic acids is 1. The summed E-state index contributed by atoms with van der Waals surface area (Å²) < 4.78 is 4.89. The maximum Gasteiger partial charge on any atom is 0.309 e. The van der Waals surface area contributed by atoms with E-state index < -0.39 is 18.0 Å². The fourth-order valence-electron chi connectivity index (χ4n) is 1.88. The van der Waals surface area contributed by atoms with Crippen molar-refractivity contribution >= 4 is 5.97 Å². The number of benzene rings is 1. The van der Waals surface area contributed by atoms with Crippen molar-refractivity contribution in [3.05, 3.63) is 23.8 Å². The second kappa shape index (κ2) is 5.73. The Labute approximate surface area is 106 Å². The van der Waals surface area contributed by atoms with Crippen LogP contribution in [0.1, 0.15) is 25.5 Å². The summed E-state index contributed by atoms with van der Waals surface area (Å²) in [6.45, 7) is 3.46. The van der Waals surface area contributed by atoms with Crippen molar-refractivity contribution in [3.63, 3.8) is 0 Å². The first-order chi connectivity index (χ1) is 8.38. The molecule has 0 aliphatic rings. The smallest absolute Gasteiger partial charge is 0.309 e. The molecule has 1 rings (SSSR count). The minimum atomic E-state index is -1.17. The number of aromatic hydroxyl groups is 1. The minimum Gasteiger partial charge on any atom is -0.504 e. The molecule has 100 valence electrons. The van der Waals surface area contributed by atoms with Crippen molar-refractivity contribution in [1.29, 1.82) is 0 Å². The minimum absolute atomic E-state index is 0.123.